The number of carboxylic acid groups (broad SMARTS) is 1. The number of pyridine rings is 1. The van der Waals surface area contributed by atoms with E-state index in [9.17, 15) is 32.7 Å². The van der Waals surface area contributed by atoms with Gasteiger partial charge in [-0.05, 0) is 60.2 Å². The lowest BCUT2D eigenvalue weighted by Crippen LogP contribution is -2.28. The van der Waals surface area contributed by atoms with E-state index in [-0.39, 0.29) is 17.3 Å². The molecule has 0 bridgehead atoms. The summed E-state index contributed by atoms with van der Waals surface area (Å²) in [6.45, 7) is 0. The molecule has 2 aromatic carbocycles. The van der Waals surface area contributed by atoms with Crippen LogP contribution in [0, 0.1) is 0 Å². The number of carbonyl (C=O) groups excluding carboxylic acids is 2. The third kappa shape index (κ3) is 7.41. The second-order valence-corrected chi connectivity index (χ2v) is 8.49. The summed E-state index contributed by atoms with van der Waals surface area (Å²) >= 11 is 0. The van der Waals surface area contributed by atoms with Gasteiger partial charge in [-0.15, -0.1) is 0 Å². The molecule has 1 unspecified atom stereocenters. The fraction of sp³-hybridized carbons (Fsp3) is 0.143. The Balaban J connectivity index is 1.58. The predicted molar refractivity (Wildman–Crippen MR) is 138 cm³/mol. The van der Waals surface area contributed by atoms with Crippen molar-refractivity contribution >= 4 is 23.7 Å². The van der Waals surface area contributed by atoms with Crippen molar-refractivity contribution < 1.29 is 42.1 Å². The van der Waals surface area contributed by atoms with Crippen LogP contribution >= 0.6 is 0 Å². The number of rotatable bonds is 9. The third-order valence-corrected chi connectivity index (χ3v) is 5.75. The number of ether oxygens (including phenoxy) is 2. The van der Waals surface area contributed by atoms with Crippen LogP contribution in [0.3, 0.4) is 0 Å². The molecule has 4 rings (SSSR count). The number of alkyl halides is 3. The summed E-state index contributed by atoms with van der Waals surface area (Å²) in [7, 11) is 1.76. The molecule has 0 aliphatic carbocycles. The van der Waals surface area contributed by atoms with Gasteiger partial charge in [-0.3, -0.25) is 4.79 Å². The number of benzene rings is 2. The Morgan fingerprint density at radius 1 is 0.951 bits per heavy atom. The summed E-state index contributed by atoms with van der Waals surface area (Å²) in [6.07, 6.45) is -4.74. The lowest BCUT2D eigenvalue weighted by atomic mass is 9.91. The maximum Gasteiger partial charge on any atom is 0.491 e. The van der Waals surface area contributed by atoms with Gasteiger partial charge in [-0.1, -0.05) is 18.2 Å². The van der Waals surface area contributed by atoms with Crippen LogP contribution < -0.4 is 10.1 Å². The number of nitrogens with one attached hydrogen (secondary N) is 1. The molecule has 0 aliphatic rings. The summed E-state index contributed by atoms with van der Waals surface area (Å²) in [6, 6.07) is 19.0. The van der Waals surface area contributed by atoms with Crippen molar-refractivity contribution in [2.75, 3.05) is 12.4 Å². The van der Waals surface area contributed by atoms with Gasteiger partial charge in [0.2, 0.25) is 0 Å². The fourth-order valence-corrected chi connectivity index (χ4v) is 3.75. The summed E-state index contributed by atoms with van der Waals surface area (Å²) in [4.78, 5) is 47.5. The Morgan fingerprint density at radius 3 is 2.29 bits per heavy atom. The minimum absolute atomic E-state index is 0.0506. The first kappa shape index (κ1) is 28.7. The van der Waals surface area contributed by atoms with Crippen LogP contribution in [0.2, 0.25) is 0 Å². The second kappa shape index (κ2) is 12.2. The van der Waals surface area contributed by atoms with Gasteiger partial charge in [0.15, 0.2) is 0 Å². The highest BCUT2D eigenvalue weighted by Crippen LogP contribution is 2.30. The smallest absolute Gasteiger partial charge is 0.478 e. The zero-order valence-electron chi connectivity index (χ0n) is 21.3. The summed E-state index contributed by atoms with van der Waals surface area (Å²) < 4.78 is 47.5. The van der Waals surface area contributed by atoms with Crippen LogP contribution in [0.25, 0.3) is 11.3 Å². The van der Waals surface area contributed by atoms with E-state index in [1.807, 2.05) is 18.2 Å². The van der Waals surface area contributed by atoms with Crippen molar-refractivity contribution in [3.8, 4) is 23.0 Å². The minimum atomic E-state index is -5.36. The van der Waals surface area contributed by atoms with E-state index in [1.165, 1.54) is 36.5 Å². The Hall–Kier alpha value is -5.33. The Morgan fingerprint density at radius 2 is 1.66 bits per heavy atom. The van der Waals surface area contributed by atoms with E-state index in [0.29, 0.717) is 17.1 Å². The van der Waals surface area contributed by atoms with E-state index in [4.69, 9.17) is 4.74 Å². The van der Waals surface area contributed by atoms with Crippen molar-refractivity contribution in [2.24, 2.45) is 0 Å². The highest BCUT2D eigenvalue weighted by Gasteiger charge is 2.42. The van der Waals surface area contributed by atoms with Crippen molar-refractivity contribution in [1.82, 2.24) is 15.0 Å². The molecule has 4 aromatic rings. The number of aromatic carboxylic acids is 1. The van der Waals surface area contributed by atoms with Crippen LogP contribution in [0.15, 0.2) is 79.0 Å². The maximum absolute atomic E-state index is 12.6. The number of nitrogens with zero attached hydrogens (tertiary/aromatic N) is 3. The summed E-state index contributed by atoms with van der Waals surface area (Å²) in [5.41, 5.74) is 1.98. The van der Waals surface area contributed by atoms with Crippen LogP contribution in [0.4, 0.5) is 19.0 Å². The first-order chi connectivity index (χ1) is 19.5. The minimum Gasteiger partial charge on any atom is -0.478 e. The first-order valence-corrected chi connectivity index (χ1v) is 11.9. The van der Waals surface area contributed by atoms with Crippen molar-refractivity contribution in [2.45, 2.75) is 18.5 Å². The average Bonchev–Trinajstić information content (AvgIpc) is 2.96. The van der Waals surface area contributed by atoms with Crippen molar-refractivity contribution in [3.05, 3.63) is 95.8 Å². The number of halogens is 3. The van der Waals surface area contributed by atoms with Crippen LogP contribution in [-0.2, 0) is 14.3 Å². The molecule has 1 atom stereocenters. The molecule has 13 heteroatoms. The zero-order chi connectivity index (χ0) is 29.6. The molecule has 0 radical (unpaired) electrons. The topological polar surface area (TPSA) is 141 Å². The van der Waals surface area contributed by atoms with Gasteiger partial charge in [0.05, 0.1) is 23.4 Å². The highest BCUT2D eigenvalue weighted by atomic mass is 19.4. The first-order valence-electron chi connectivity index (χ1n) is 11.9. The second-order valence-electron chi connectivity index (χ2n) is 8.49. The van der Waals surface area contributed by atoms with Gasteiger partial charge in [-0.25, -0.2) is 19.6 Å². The van der Waals surface area contributed by atoms with Gasteiger partial charge in [0.25, 0.3) is 0 Å². The number of hydrogen-bond acceptors (Lipinski definition) is 9. The zero-order valence-corrected chi connectivity index (χ0v) is 21.3. The number of anilines is 1. The molecule has 0 aliphatic heterocycles. The molecular weight excluding hydrogens is 545 g/mol. The molecular formula is C28H21F3N4O6. The number of hydrogen-bond donors (Lipinski definition) is 2. The van der Waals surface area contributed by atoms with E-state index in [0.717, 1.165) is 11.3 Å². The van der Waals surface area contributed by atoms with E-state index in [2.05, 4.69) is 25.0 Å². The SMILES string of the molecule is CNc1cccc(-c2ccc(Oc3nccc(C(CC(=O)OC(=O)C(F)(F)F)c4ccc(C(=O)O)cc4)n3)cc2)n1. The molecule has 0 amide bonds. The number of carboxylic acids is 1. The van der Waals surface area contributed by atoms with Crippen LogP contribution in [0.5, 0.6) is 11.8 Å². The monoisotopic (exact) mass is 566 g/mol. The summed E-state index contributed by atoms with van der Waals surface area (Å²) in [5.74, 6) is -5.25. The normalized spacial score (nSPS) is 11.8. The van der Waals surface area contributed by atoms with Gasteiger partial charge in [-0.2, -0.15) is 18.2 Å². The molecule has 41 heavy (non-hydrogen) atoms. The molecule has 0 spiro atoms. The Kier molecular flexibility index (Phi) is 8.56. The quantitative estimate of drug-likeness (QED) is 0.205. The van der Waals surface area contributed by atoms with Crippen molar-refractivity contribution in [3.63, 3.8) is 0 Å². The van der Waals surface area contributed by atoms with E-state index < -0.39 is 36.4 Å². The van der Waals surface area contributed by atoms with Crippen LogP contribution in [-0.4, -0.2) is 51.2 Å². The number of aromatic nitrogens is 3. The van der Waals surface area contributed by atoms with Gasteiger partial charge in [0, 0.05) is 24.7 Å². The molecule has 210 valence electrons. The lowest BCUT2D eigenvalue weighted by Gasteiger charge is -2.17. The number of esters is 2. The standard InChI is InChI=1S/C28H21F3N4O6/c1-32-23-4-2-3-21(34-23)17-9-11-19(12-10-17)40-27-33-14-13-22(35-27)20(15-24(36)41-26(39)28(29,30)31)16-5-7-18(8-6-16)25(37)38/h2-14,20H,15H2,1H3,(H,32,34)(H,37,38). The van der Waals surface area contributed by atoms with Gasteiger partial charge >= 0.3 is 30.1 Å². The van der Waals surface area contributed by atoms with Gasteiger partial charge in [0.1, 0.15) is 11.6 Å². The molecule has 2 aromatic heterocycles. The third-order valence-electron chi connectivity index (χ3n) is 5.75. The molecule has 2 heterocycles. The molecule has 0 fully saturated rings. The molecule has 10 nitrogen and oxygen atoms in total. The number of carbonyl (C=O) groups is 3. The van der Waals surface area contributed by atoms with Gasteiger partial charge < -0.3 is 19.9 Å². The van der Waals surface area contributed by atoms with E-state index in [1.54, 1.807) is 31.3 Å². The Labute approximate surface area is 230 Å². The van der Waals surface area contributed by atoms with Crippen LogP contribution in [0.1, 0.15) is 34.0 Å². The van der Waals surface area contributed by atoms with E-state index >= 15 is 0 Å². The summed E-state index contributed by atoms with van der Waals surface area (Å²) in [5, 5.41) is 12.1. The molecule has 0 saturated heterocycles. The Bertz CT molecular complexity index is 1560. The lowest BCUT2D eigenvalue weighted by molar-refractivity contribution is -0.201. The molecule has 0 saturated carbocycles. The highest BCUT2D eigenvalue weighted by molar-refractivity contribution is 5.89. The predicted octanol–water partition coefficient (Wildman–Crippen LogP) is 5.22. The maximum atomic E-state index is 12.6. The van der Waals surface area contributed by atoms with Crippen molar-refractivity contribution in [1.29, 1.82) is 0 Å². The molecule has 2 N–H and O–H groups in total. The largest absolute Gasteiger partial charge is 0.491 e. The fourth-order valence-electron chi connectivity index (χ4n) is 3.75. The average molecular weight is 566 g/mol.